The van der Waals surface area contributed by atoms with Crippen LogP contribution < -0.4 is 10.6 Å². The minimum absolute atomic E-state index is 0. The number of nitrogens with zero attached hydrogens (tertiary/aromatic N) is 2. The van der Waals surface area contributed by atoms with Crippen LogP contribution in [-0.4, -0.2) is 63.2 Å². The Hall–Kier alpha value is -0.570. The summed E-state index contributed by atoms with van der Waals surface area (Å²) in [5.74, 6) is 1.67. The van der Waals surface area contributed by atoms with Gasteiger partial charge in [-0.05, 0) is 25.2 Å². The highest BCUT2D eigenvalue weighted by Gasteiger charge is 2.13. The van der Waals surface area contributed by atoms with E-state index in [-0.39, 0.29) is 42.5 Å². The number of ether oxygens (including phenoxy) is 1. The van der Waals surface area contributed by atoms with E-state index in [2.05, 4.69) is 43.3 Å². The van der Waals surface area contributed by atoms with Crippen molar-refractivity contribution in [1.82, 2.24) is 15.5 Å². The highest BCUT2D eigenvalue weighted by atomic mass is 127. The molecule has 1 atom stereocenters. The third-order valence-electron chi connectivity index (χ3n) is 3.39. The van der Waals surface area contributed by atoms with Gasteiger partial charge in [0.2, 0.25) is 5.91 Å². The maximum atomic E-state index is 11.7. The van der Waals surface area contributed by atoms with Gasteiger partial charge in [0.25, 0.3) is 0 Å². The lowest BCUT2D eigenvalue weighted by molar-refractivity contribution is -0.127. The summed E-state index contributed by atoms with van der Waals surface area (Å²) in [7, 11) is 3.48. The molecule has 6 nitrogen and oxygen atoms in total. The van der Waals surface area contributed by atoms with Crippen LogP contribution in [0.4, 0.5) is 0 Å². The molecule has 1 amide bonds. The molecule has 24 heavy (non-hydrogen) atoms. The zero-order chi connectivity index (χ0) is 17.8. The minimum atomic E-state index is -0.00924. The van der Waals surface area contributed by atoms with Crippen LogP contribution in [0.5, 0.6) is 0 Å². The highest BCUT2D eigenvalue weighted by Crippen LogP contribution is 2.09. The third-order valence-corrected chi connectivity index (χ3v) is 3.39. The zero-order valence-electron chi connectivity index (χ0n) is 16.4. The van der Waals surface area contributed by atoms with Gasteiger partial charge in [0.1, 0.15) is 6.54 Å². The Morgan fingerprint density at radius 1 is 1.17 bits per heavy atom. The van der Waals surface area contributed by atoms with Crippen molar-refractivity contribution in [3.05, 3.63) is 0 Å². The van der Waals surface area contributed by atoms with Gasteiger partial charge in [-0.1, -0.05) is 27.7 Å². The van der Waals surface area contributed by atoms with Crippen LogP contribution in [0.2, 0.25) is 0 Å². The van der Waals surface area contributed by atoms with E-state index in [1.54, 1.807) is 19.0 Å². The molecule has 0 aromatic rings. The molecule has 0 spiro atoms. The summed E-state index contributed by atoms with van der Waals surface area (Å²) < 4.78 is 5.75. The molecule has 2 N–H and O–H groups in total. The average Bonchev–Trinajstić information content (AvgIpc) is 2.47. The van der Waals surface area contributed by atoms with Gasteiger partial charge in [-0.25, -0.2) is 4.99 Å². The summed E-state index contributed by atoms with van der Waals surface area (Å²) >= 11 is 0. The fraction of sp³-hybridized carbons (Fsp3) is 0.882. The second-order valence-electron chi connectivity index (χ2n) is 6.68. The second kappa shape index (κ2) is 14.7. The molecule has 0 aliphatic carbocycles. The Bertz CT molecular complexity index is 360. The molecule has 0 aromatic heterocycles. The third kappa shape index (κ3) is 12.8. The van der Waals surface area contributed by atoms with Gasteiger partial charge >= 0.3 is 0 Å². The smallest absolute Gasteiger partial charge is 0.243 e. The van der Waals surface area contributed by atoms with Crippen LogP contribution in [0.15, 0.2) is 4.99 Å². The quantitative estimate of drug-likeness (QED) is 0.301. The first-order chi connectivity index (χ1) is 10.8. The summed E-state index contributed by atoms with van der Waals surface area (Å²) in [6.07, 6.45) is 1.15. The topological polar surface area (TPSA) is 66.0 Å². The molecule has 0 saturated heterocycles. The van der Waals surface area contributed by atoms with Crippen LogP contribution in [0.3, 0.4) is 0 Å². The van der Waals surface area contributed by atoms with Crippen molar-refractivity contribution in [2.24, 2.45) is 16.8 Å². The number of carbonyl (C=O) groups is 1. The molecule has 0 fully saturated rings. The molecule has 0 aliphatic rings. The van der Waals surface area contributed by atoms with Crippen molar-refractivity contribution in [2.75, 3.05) is 40.3 Å². The fourth-order valence-corrected chi connectivity index (χ4v) is 1.92. The zero-order valence-corrected chi connectivity index (χ0v) is 18.7. The monoisotopic (exact) mass is 456 g/mol. The minimum Gasteiger partial charge on any atom is -0.378 e. The van der Waals surface area contributed by atoms with Crippen molar-refractivity contribution in [3.8, 4) is 0 Å². The molecular formula is C17H37IN4O2. The van der Waals surface area contributed by atoms with E-state index in [0.29, 0.717) is 17.8 Å². The lowest BCUT2D eigenvalue weighted by Gasteiger charge is -2.22. The number of amides is 1. The number of nitrogens with one attached hydrogen (secondary N) is 2. The molecule has 0 radical (unpaired) electrons. The van der Waals surface area contributed by atoms with Crippen molar-refractivity contribution in [2.45, 2.75) is 47.1 Å². The Balaban J connectivity index is 0. The van der Waals surface area contributed by atoms with Gasteiger partial charge in [0, 0.05) is 33.8 Å². The predicted molar refractivity (Wildman–Crippen MR) is 112 cm³/mol. The van der Waals surface area contributed by atoms with Crippen LogP contribution in [-0.2, 0) is 9.53 Å². The average molecular weight is 456 g/mol. The highest BCUT2D eigenvalue weighted by molar-refractivity contribution is 14.0. The van der Waals surface area contributed by atoms with E-state index >= 15 is 0 Å². The molecular weight excluding hydrogens is 419 g/mol. The largest absolute Gasteiger partial charge is 0.378 e. The van der Waals surface area contributed by atoms with Crippen LogP contribution in [0, 0.1) is 11.8 Å². The van der Waals surface area contributed by atoms with Crippen LogP contribution in [0.25, 0.3) is 0 Å². The summed E-state index contributed by atoms with van der Waals surface area (Å²) in [6.45, 7) is 13.1. The van der Waals surface area contributed by atoms with E-state index in [0.717, 1.165) is 26.1 Å². The molecule has 7 heteroatoms. The number of guanidine groups is 1. The second-order valence-corrected chi connectivity index (χ2v) is 6.68. The van der Waals surface area contributed by atoms with Gasteiger partial charge in [0.15, 0.2) is 5.96 Å². The molecule has 0 aromatic carbocycles. The Morgan fingerprint density at radius 2 is 1.79 bits per heavy atom. The van der Waals surface area contributed by atoms with Crippen molar-refractivity contribution in [3.63, 3.8) is 0 Å². The van der Waals surface area contributed by atoms with Crippen molar-refractivity contribution in [1.29, 1.82) is 0 Å². The number of carbonyl (C=O) groups excluding carboxylic acids is 1. The maximum absolute atomic E-state index is 11.7. The first kappa shape index (κ1) is 25.7. The van der Waals surface area contributed by atoms with Gasteiger partial charge in [0.05, 0.1) is 6.10 Å². The first-order valence-corrected chi connectivity index (χ1v) is 8.61. The van der Waals surface area contributed by atoms with E-state index < -0.39 is 0 Å². The van der Waals surface area contributed by atoms with Gasteiger partial charge in [-0.3, -0.25) is 4.79 Å². The number of halogens is 1. The van der Waals surface area contributed by atoms with Gasteiger partial charge < -0.3 is 20.3 Å². The van der Waals surface area contributed by atoms with E-state index in [1.807, 2.05) is 6.92 Å². The molecule has 0 bridgehead atoms. The SMILES string of the molecule is CCOC(CCNC(=NCC(=O)N(C)C)NCC(C)C)C(C)C.I. The molecule has 144 valence electrons. The number of aliphatic imine (C=N–C) groups is 1. The Kier molecular flexibility index (Phi) is 15.8. The van der Waals surface area contributed by atoms with E-state index in [9.17, 15) is 4.79 Å². The standard InChI is InChI=1S/C17H36N4O2.HI/c1-8-23-15(14(4)5)9-10-18-17(19-11-13(2)3)20-12-16(22)21(6)7;/h13-15H,8-12H2,1-7H3,(H2,18,19,20);1H. The predicted octanol–water partition coefficient (Wildman–Crippen LogP) is 2.33. The molecule has 1 unspecified atom stereocenters. The molecule has 0 saturated carbocycles. The van der Waals surface area contributed by atoms with E-state index in [4.69, 9.17) is 4.74 Å². The van der Waals surface area contributed by atoms with Crippen molar-refractivity contribution >= 4 is 35.8 Å². The number of hydrogen-bond donors (Lipinski definition) is 2. The van der Waals surface area contributed by atoms with Crippen LogP contribution in [0.1, 0.15) is 41.0 Å². The van der Waals surface area contributed by atoms with Crippen LogP contribution >= 0.6 is 24.0 Å². The maximum Gasteiger partial charge on any atom is 0.243 e. The Morgan fingerprint density at radius 3 is 2.25 bits per heavy atom. The van der Waals surface area contributed by atoms with Gasteiger partial charge in [-0.2, -0.15) is 0 Å². The Labute approximate surface area is 165 Å². The summed E-state index contributed by atoms with van der Waals surface area (Å²) in [4.78, 5) is 17.6. The molecule has 0 heterocycles. The molecule has 0 rings (SSSR count). The number of hydrogen-bond acceptors (Lipinski definition) is 3. The summed E-state index contributed by atoms with van der Waals surface area (Å²) in [5, 5.41) is 6.58. The lowest BCUT2D eigenvalue weighted by atomic mass is 10.0. The summed E-state index contributed by atoms with van der Waals surface area (Å²) in [5.41, 5.74) is 0. The first-order valence-electron chi connectivity index (χ1n) is 8.61. The van der Waals surface area contributed by atoms with E-state index in [1.165, 1.54) is 0 Å². The van der Waals surface area contributed by atoms with Crippen molar-refractivity contribution < 1.29 is 9.53 Å². The normalized spacial score (nSPS) is 12.8. The fourth-order valence-electron chi connectivity index (χ4n) is 1.92. The number of rotatable bonds is 10. The molecule has 0 aliphatic heterocycles. The number of likely N-dealkylation sites (N-methyl/N-ethyl adjacent to an activating group) is 1. The summed E-state index contributed by atoms with van der Waals surface area (Å²) in [6, 6.07) is 0. The lowest BCUT2D eigenvalue weighted by Crippen LogP contribution is -2.41. The van der Waals surface area contributed by atoms with Gasteiger partial charge in [-0.15, -0.1) is 24.0 Å².